The van der Waals surface area contributed by atoms with Gasteiger partial charge in [0.05, 0.1) is 13.7 Å². The molecule has 106 valence electrons. The van der Waals surface area contributed by atoms with Crippen molar-refractivity contribution >= 4 is 12.0 Å². The van der Waals surface area contributed by atoms with Gasteiger partial charge in [0.25, 0.3) is 0 Å². The van der Waals surface area contributed by atoms with Crippen molar-refractivity contribution < 1.29 is 25.0 Å². The molecular weight excluding hydrogens is 246 g/mol. The second-order valence-corrected chi connectivity index (χ2v) is 4.72. The average Bonchev–Trinajstić information content (AvgIpc) is 2.28. The largest absolute Gasteiger partial charge is 0.870 e. The maximum atomic E-state index is 10.9. The van der Waals surface area contributed by atoms with E-state index in [4.69, 9.17) is 10.2 Å². The number of aliphatic carboxylic acids is 1. The first-order chi connectivity index (χ1) is 8.49. The Hall–Kier alpha value is -1.69. The van der Waals surface area contributed by atoms with Crippen LogP contribution >= 0.6 is 0 Å². The highest BCUT2D eigenvalue weighted by Gasteiger charge is 2.25. The van der Waals surface area contributed by atoms with Gasteiger partial charge in [-0.25, -0.2) is 4.79 Å². The highest BCUT2D eigenvalue weighted by Crippen LogP contribution is 2.13. The standard InChI is InChI=1S/C14H19NO3.H2O/c1-3-12-4-6-13(7-5-12)10-15(2,8-9-16)11-14(17)18;/h3-7,16H,1,8-11H2,2H3;1H2. The number of likely N-dealkylation sites (N-methyl/N-ethyl adjacent to an activating group) is 1. The van der Waals surface area contributed by atoms with Crippen molar-refractivity contribution in [3.63, 3.8) is 0 Å². The molecule has 0 amide bonds. The zero-order chi connectivity index (χ0) is 13.6. The van der Waals surface area contributed by atoms with Gasteiger partial charge in [0.1, 0.15) is 13.1 Å². The van der Waals surface area contributed by atoms with E-state index in [2.05, 4.69) is 6.58 Å². The second kappa shape index (κ2) is 7.68. The van der Waals surface area contributed by atoms with E-state index >= 15 is 0 Å². The average molecular weight is 267 g/mol. The summed E-state index contributed by atoms with van der Waals surface area (Å²) >= 11 is 0. The minimum Gasteiger partial charge on any atom is -0.870 e. The van der Waals surface area contributed by atoms with Gasteiger partial charge in [0.2, 0.25) is 0 Å². The van der Waals surface area contributed by atoms with Crippen LogP contribution in [0.15, 0.2) is 30.8 Å². The summed E-state index contributed by atoms with van der Waals surface area (Å²) < 4.78 is 0.291. The number of aliphatic hydroxyl groups is 1. The van der Waals surface area contributed by atoms with Crippen LogP contribution in [-0.4, -0.2) is 52.9 Å². The Morgan fingerprint density at radius 3 is 2.37 bits per heavy atom. The van der Waals surface area contributed by atoms with Crippen LogP contribution < -0.4 is 0 Å². The molecule has 3 N–H and O–H groups in total. The summed E-state index contributed by atoms with van der Waals surface area (Å²) in [5, 5.41) is 18.0. The first-order valence-electron chi connectivity index (χ1n) is 5.87. The molecule has 1 atom stereocenters. The van der Waals surface area contributed by atoms with Crippen molar-refractivity contribution in [3.8, 4) is 0 Å². The molecule has 0 heterocycles. The number of carboxylic acids is 1. The summed E-state index contributed by atoms with van der Waals surface area (Å²) in [6.45, 7) is 4.69. The summed E-state index contributed by atoms with van der Waals surface area (Å²) in [6.07, 6.45) is 1.77. The molecule has 0 saturated heterocycles. The van der Waals surface area contributed by atoms with Crippen molar-refractivity contribution in [1.82, 2.24) is 0 Å². The molecular formula is C14H21NO4. The normalized spacial score (nSPS) is 13.2. The third-order valence-electron chi connectivity index (χ3n) is 2.94. The maximum Gasteiger partial charge on any atom is 0.359 e. The Kier molecular flexibility index (Phi) is 7.00. The predicted molar refractivity (Wildman–Crippen MR) is 72.8 cm³/mol. The monoisotopic (exact) mass is 267 g/mol. The molecule has 0 aliphatic heterocycles. The van der Waals surface area contributed by atoms with Crippen LogP contribution in [0, 0.1) is 0 Å². The number of hydrogen-bond acceptors (Lipinski definition) is 3. The van der Waals surface area contributed by atoms with Crippen molar-refractivity contribution in [2.24, 2.45) is 0 Å². The summed E-state index contributed by atoms with van der Waals surface area (Å²) in [4.78, 5) is 10.9. The first kappa shape index (κ1) is 17.3. The Morgan fingerprint density at radius 2 is 1.95 bits per heavy atom. The van der Waals surface area contributed by atoms with Crippen molar-refractivity contribution in [2.45, 2.75) is 6.54 Å². The fourth-order valence-electron chi connectivity index (χ4n) is 1.98. The highest BCUT2D eigenvalue weighted by atomic mass is 16.4. The van der Waals surface area contributed by atoms with Crippen LogP contribution in [0.25, 0.3) is 6.08 Å². The van der Waals surface area contributed by atoms with Gasteiger partial charge >= 0.3 is 5.97 Å². The van der Waals surface area contributed by atoms with Crippen LogP contribution in [0.5, 0.6) is 0 Å². The van der Waals surface area contributed by atoms with Crippen molar-refractivity contribution in [3.05, 3.63) is 42.0 Å². The van der Waals surface area contributed by atoms with E-state index in [1.807, 2.05) is 31.3 Å². The molecule has 0 aromatic heterocycles. The predicted octanol–water partition coefficient (Wildman–Crippen LogP) is 1.18. The smallest absolute Gasteiger partial charge is 0.359 e. The lowest BCUT2D eigenvalue weighted by molar-refractivity contribution is -0.915. The quantitative estimate of drug-likeness (QED) is 0.726. The Bertz CT molecular complexity index is 416. The molecule has 1 unspecified atom stereocenters. The van der Waals surface area contributed by atoms with Gasteiger partial charge in [-0.2, -0.15) is 0 Å². The van der Waals surface area contributed by atoms with Gasteiger partial charge in [0.15, 0.2) is 6.54 Å². The van der Waals surface area contributed by atoms with Gasteiger partial charge in [-0.1, -0.05) is 36.9 Å². The van der Waals surface area contributed by atoms with Gasteiger partial charge < -0.3 is 20.2 Å². The van der Waals surface area contributed by atoms with E-state index in [0.717, 1.165) is 11.1 Å². The van der Waals surface area contributed by atoms with E-state index in [-0.39, 0.29) is 18.6 Å². The molecule has 1 aromatic carbocycles. The molecule has 1 rings (SSSR count). The number of carboxylic acid groups (broad SMARTS) is 1. The SMILES string of the molecule is C=Cc1ccc(C[N+](C)(CCO)CC(=O)O)cc1.[OH-]. The zero-order valence-corrected chi connectivity index (χ0v) is 11.1. The minimum absolute atomic E-state index is 0. The molecule has 5 heteroatoms. The number of aliphatic hydroxyl groups excluding tert-OH is 1. The fraction of sp³-hybridized carbons (Fsp3) is 0.357. The van der Waals surface area contributed by atoms with Gasteiger partial charge in [-0.05, 0) is 5.56 Å². The summed E-state index contributed by atoms with van der Waals surface area (Å²) in [5.74, 6) is -0.853. The van der Waals surface area contributed by atoms with E-state index in [1.165, 1.54) is 0 Å². The molecule has 0 spiro atoms. The molecule has 0 radical (unpaired) electrons. The van der Waals surface area contributed by atoms with Gasteiger partial charge in [-0.3, -0.25) is 0 Å². The van der Waals surface area contributed by atoms with Crippen LogP contribution in [0.1, 0.15) is 11.1 Å². The number of nitrogens with zero attached hydrogens (tertiary/aromatic N) is 1. The van der Waals surface area contributed by atoms with E-state index in [1.54, 1.807) is 6.08 Å². The topological polar surface area (TPSA) is 87.5 Å². The molecule has 1 aromatic rings. The molecule has 0 bridgehead atoms. The summed E-state index contributed by atoms with van der Waals surface area (Å²) in [6, 6.07) is 7.83. The van der Waals surface area contributed by atoms with Crippen LogP contribution in [-0.2, 0) is 11.3 Å². The lowest BCUT2D eigenvalue weighted by atomic mass is 10.1. The Morgan fingerprint density at radius 1 is 1.37 bits per heavy atom. The molecule has 5 nitrogen and oxygen atoms in total. The van der Waals surface area contributed by atoms with E-state index < -0.39 is 5.97 Å². The molecule has 0 fully saturated rings. The van der Waals surface area contributed by atoms with Crippen LogP contribution in [0.3, 0.4) is 0 Å². The molecule has 0 aliphatic carbocycles. The summed E-state index contributed by atoms with van der Waals surface area (Å²) in [7, 11) is 1.84. The fourth-order valence-corrected chi connectivity index (χ4v) is 1.98. The lowest BCUT2D eigenvalue weighted by Crippen LogP contribution is -2.48. The number of benzene rings is 1. The van der Waals surface area contributed by atoms with Gasteiger partial charge in [-0.15, -0.1) is 0 Å². The number of hydrogen-bond donors (Lipinski definition) is 2. The van der Waals surface area contributed by atoms with Crippen molar-refractivity contribution in [2.75, 3.05) is 26.7 Å². The summed E-state index contributed by atoms with van der Waals surface area (Å²) in [5.41, 5.74) is 2.09. The Labute approximate surface area is 113 Å². The van der Waals surface area contributed by atoms with Crippen molar-refractivity contribution in [1.29, 1.82) is 0 Å². The van der Waals surface area contributed by atoms with Gasteiger partial charge in [0, 0.05) is 5.56 Å². The zero-order valence-electron chi connectivity index (χ0n) is 11.1. The molecule has 19 heavy (non-hydrogen) atoms. The van der Waals surface area contributed by atoms with E-state index in [0.29, 0.717) is 17.6 Å². The van der Waals surface area contributed by atoms with E-state index in [9.17, 15) is 4.79 Å². The second-order valence-electron chi connectivity index (χ2n) is 4.72. The molecule has 0 aliphatic rings. The highest BCUT2D eigenvalue weighted by molar-refractivity contribution is 5.67. The van der Waals surface area contributed by atoms with Crippen LogP contribution in [0.2, 0.25) is 0 Å². The van der Waals surface area contributed by atoms with Crippen LogP contribution in [0.4, 0.5) is 0 Å². The number of rotatable bonds is 7. The number of quaternary nitrogens is 1. The molecule has 0 saturated carbocycles. The Balaban J connectivity index is 0.00000324. The first-order valence-corrected chi connectivity index (χ1v) is 5.87. The number of carbonyl (C=O) groups is 1. The third-order valence-corrected chi connectivity index (χ3v) is 2.94. The lowest BCUT2D eigenvalue weighted by Gasteiger charge is -2.32. The maximum absolute atomic E-state index is 10.9. The minimum atomic E-state index is -0.853. The third kappa shape index (κ3) is 5.65.